The molecule has 31 heavy (non-hydrogen) atoms. The molecule has 0 aliphatic carbocycles. The zero-order valence-electron chi connectivity index (χ0n) is 18.4. The molecule has 1 N–H and O–H groups in total. The third kappa shape index (κ3) is 7.51. The van der Waals surface area contributed by atoms with Crippen LogP contribution in [0.25, 0.3) is 10.6 Å². The summed E-state index contributed by atoms with van der Waals surface area (Å²) < 4.78 is 5.36. The fraction of sp³-hybridized carbons (Fsp3) is 0.409. The molecule has 9 heteroatoms. The summed E-state index contributed by atoms with van der Waals surface area (Å²) in [5.41, 5.74) is 3.27. The van der Waals surface area contributed by atoms with Gasteiger partial charge in [0, 0.05) is 50.0 Å². The van der Waals surface area contributed by atoms with Gasteiger partial charge in [0.05, 0.1) is 17.9 Å². The van der Waals surface area contributed by atoms with E-state index in [1.165, 1.54) is 0 Å². The lowest BCUT2D eigenvalue weighted by atomic mass is 10.2. The SMILES string of the molecule is CCNC(=NCCc1csc(-c2ccccc2)n1)N(C)Cc1csc(C(C)OC)n1.I. The largest absolute Gasteiger partial charge is 0.375 e. The number of guanidine groups is 1. The molecule has 0 aliphatic heterocycles. The maximum atomic E-state index is 5.36. The number of rotatable bonds is 9. The van der Waals surface area contributed by atoms with E-state index in [-0.39, 0.29) is 30.1 Å². The zero-order valence-corrected chi connectivity index (χ0v) is 22.3. The predicted octanol–water partition coefficient (Wildman–Crippen LogP) is 5.23. The zero-order chi connectivity index (χ0) is 21.3. The molecule has 1 unspecified atom stereocenters. The van der Waals surface area contributed by atoms with E-state index >= 15 is 0 Å². The maximum Gasteiger partial charge on any atom is 0.194 e. The number of nitrogens with one attached hydrogen (secondary N) is 1. The van der Waals surface area contributed by atoms with Gasteiger partial charge < -0.3 is 15.0 Å². The average molecular weight is 572 g/mol. The quantitative estimate of drug-likeness (QED) is 0.217. The summed E-state index contributed by atoms with van der Waals surface area (Å²) >= 11 is 3.32. The molecule has 0 saturated carbocycles. The molecule has 0 radical (unpaired) electrons. The Morgan fingerprint density at radius 3 is 2.61 bits per heavy atom. The first-order valence-corrected chi connectivity index (χ1v) is 11.8. The van der Waals surface area contributed by atoms with E-state index in [4.69, 9.17) is 14.7 Å². The number of benzene rings is 1. The van der Waals surface area contributed by atoms with Crippen LogP contribution in [-0.4, -0.2) is 48.1 Å². The second-order valence-electron chi connectivity index (χ2n) is 6.91. The highest BCUT2D eigenvalue weighted by Crippen LogP contribution is 2.23. The molecule has 0 aliphatic rings. The number of halogens is 1. The first-order valence-electron chi connectivity index (χ1n) is 10.1. The summed E-state index contributed by atoms with van der Waals surface area (Å²) in [5, 5.41) is 9.64. The van der Waals surface area contributed by atoms with Gasteiger partial charge in [0.1, 0.15) is 16.1 Å². The van der Waals surface area contributed by atoms with Crippen LogP contribution in [0.5, 0.6) is 0 Å². The van der Waals surface area contributed by atoms with Gasteiger partial charge in [-0.3, -0.25) is 4.99 Å². The smallest absolute Gasteiger partial charge is 0.194 e. The summed E-state index contributed by atoms with van der Waals surface area (Å²) in [5.74, 6) is 0.880. The van der Waals surface area contributed by atoms with Gasteiger partial charge in [-0.1, -0.05) is 30.3 Å². The number of methoxy groups -OCH3 is 1. The van der Waals surface area contributed by atoms with E-state index in [9.17, 15) is 0 Å². The van der Waals surface area contributed by atoms with Crippen molar-refractivity contribution < 1.29 is 4.74 Å². The van der Waals surface area contributed by atoms with Crippen molar-refractivity contribution in [1.29, 1.82) is 0 Å². The Hall–Kier alpha value is -1.56. The van der Waals surface area contributed by atoms with Crippen molar-refractivity contribution in [3.05, 3.63) is 57.5 Å². The number of hydrogen-bond donors (Lipinski definition) is 1. The van der Waals surface area contributed by atoms with Crippen LogP contribution in [0.1, 0.15) is 36.3 Å². The second-order valence-corrected chi connectivity index (χ2v) is 8.65. The van der Waals surface area contributed by atoms with Crippen LogP contribution in [0.3, 0.4) is 0 Å². The molecule has 0 amide bonds. The monoisotopic (exact) mass is 571 g/mol. The van der Waals surface area contributed by atoms with E-state index < -0.39 is 0 Å². The number of thiazole rings is 2. The van der Waals surface area contributed by atoms with Crippen molar-refractivity contribution in [2.24, 2.45) is 4.99 Å². The number of aromatic nitrogens is 2. The number of hydrogen-bond acceptors (Lipinski definition) is 6. The molecule has 2 heterocycles. The van der Waals surface area contributed by atoms with Crippen molar-refractivity contribution in [2.75, 3.05) is 27.2 Å². The van der Waals surface area contributed by atoms with Gasteiger partial charge >= 0.3 is 0 Å². The van der Waals surface area contributed by atoms with Crippen molar-refractivity contribution in [2.45, 2.75) is 32.9 Å². The molecule has 0 bridgehead atoms. The minimum Gasteiger partial charge on any atom is -0.375 e. The Morgan fingerprint density at radius 1 is 1.16 bits per heavy atom. The van der Waals surface area contributed by atoms with E-state index in [2.05, 4.69) is 45.0 Å². The maximum absolute atomic E-state index is 5.36. The third-order valence-electron chi connectivity index (χ3n) is 4.57. The molecule has 0 saturated heterocycles. The van der Waals surface area contributed by atoms with Gasteiger partial charge in [0.15, 0.2) is 5.96 Å². The summed E-state index contributed by atoms with van der Waals surface area (Å²) in [6, 6.07) is 10.3. The molecule has 168 valence electrons. The molecular formula is C22H30IN5OS2. The third-order valence-corrected chi connectivity index (χ3v) is 6.56. The van der Waals surface area contributed by atoms with E-state index in [0.29, 0.717) is 13.1 Å². The Kier molecular flexibility index (Phi) is 10.9. The number of nitrogens with zero attached hydrogens (tertiary/aromatic N) is 4. The molecule has 1 aromatic carbocycles. The minimum absolute atomic E-state index is 0. The lowest BCUT2D eigenvalue weighted by molar-refractivity contribution is 0.119. The van der Waals surface area contributed by atoms with Gasteiger partial charge in [0.2, 0.25) is 0 Å². The average Bonchev–Trinajstić information content (AvgIpc) is 3.43. The van der Waals surface area contributed by atoms with Crippen LogP contribution < -0.4 is 5.32 Å². The van der Waals surface area contributed by atoms with Crippen molar-refractivity contribution in [3.8, 4) is 10.6 Å². The molecule has 1 atom stereocenters. The van der Waals surface area contributed by atoms with E-state index in [0.717, 1.165) is 45.9 Å². The highest BCUT2D eigenvalue weighted by atomic mass is 127. The van der Waals surface area contributed by atoms with Crippen LogP contribution in [0.15, 0.2) is 46.1 Å². The second kappa shape index (κ2) is 13.1. The van der Waals surface area contributed by atoms with Crippen LogP contribution in [-0.2, 0) is 17.7 Å². The van der Waals surface area contributed by atoms with Gasteiger partial charge in [-0.05, 0) is 13.8 Å². The van der Waals surface area contributed by atoms with Crippen molar-refractivity contribution in [1.82, 2.24) is 20.2 Å². The van der Waals surface area contributed by atoms with Gasteiger partial charge in [0.25, 0.3) is 0 Å². The highest BCUT2D eigenvalue weighted by Gasteiger charge is 2.13. The molecule has 3 aromatic rings. The lowest BCUT2D eigenvalue weighted by Crippen LogP contribution is -2.38. The van der Waals surface area contributed by atoms with Crippen LogP contribution in [0.4, 0.5) is 0 Å². The molecule has 2 aromatic heterocycles. The first-order chi connectivity index (χ1) is 14.6. The first kappa shape index (κ1) is 25.7. The summed E-state index contributed by atoms with van der Waals surface area (Å²) in [4.78, 5) is 16.3. The summed E-state index contributed by atoms with van der Waals surface area (Å²) in [6.07, 6.45) is 0.841. The molecular weight excluding hydrogens is 541 g/mol. The van der Waals surface area contributed by atoms with Gasteiger partial charge in [-0.2, -0.15) is 0 Å². The van der Waals surface area contributed by atoms with Crippen LogP contribution >= 0.6 is 46.7 Å². The standard InChI is InChI=1S/C22H29N5OS2.HI/c1-5-23-22(27(3)13-19-15-29-20(26-19)16(2)28-4)24-12-11-18-14-30-21(25-18)17-9-7-6-8-10-17;/h6-10,14-16H,5,11-13H2,1-4H3,(H,23,24);1H. The minimum atomic E-state index is 0. The molecule has 3 rings (SSSR count). The normalized spacial score (nSPS) is 12.3. The van der Waals surface area contributed by atoms with Crippen molar-refractivity contribution in [3.63, 3.8) is 0 Å². The summed E-state index contributed by atoms with van der Waals surface area (Å²) in [7, 11) is 3.75. The summed E-state index contributed by atoms with van der Waals surface area (Å²) in [6.45, 7) is 6.30. The Bertz CT molecular complexity index is 944. The lowest BCUT2D eigenvalue weighted by Gasteiger charge is -2.21. The fourth-order valence-corrected chi connectivity index (χ4v) is 4.58. The topological polar surface area (TPSA) is 62.6 Å². The number of ether oxygens (including phenoxy) is 1. The molecule has 6 nitrogen and oxygen atoms in total. The van der Waals surface area contributed by atoms with Gasteiger partial charge in [-0.25, -0.2) is 9.97 Å². The highest BCUT2D eigenvalue weighted by molar-refractivity contribution is 14.0. The molecule has 0 fully saturated rings. The van der Waals surface area contributed by atoms with Crippen molar-refractivity contribution >= 4 is 52.6 Å². The van der Waals surface area contributed by atoms with Gasteiger partial charge in [-0.15, -0.1) is 46.7 Å². The Balaban J connectivity index is 0.00000341. The van der Waals surface area contributed by atoms with E-state index in [1.54, 1.807) is 29.8 Å². The Labute approximate surface area is 209 Å². The van der Waals surface area contributed by atoms with Crippen LogP contribution in [0.2, 0.25) is 0 Å². The number of aliphatic imine (C=N–C) groups is 1. The fourth-order valence-electron chi connectivity index (χ4n) is 2.88. The molecule has 0 spiro atoms. The Morgan fingerprint density at radius 2 is 1.90 bits per heavy atom. The predicted molar refractivity (Wildman–Crippen MR) is 142 cm³/mol. The van der Waals surface area contributed by atoms with E-state index in [1.807, 2.05) is 32.2 Å². The van der Waals surface area contributed by atoms with Crippen LogP contribution in [0, 0.1) is 0 Å².